The molecule has 1 aromatic carbocycles. The lowest BCUT2D eigenvalue weighted by Crippen LogP contribution is -2.43. The van der Waals surface area contributed by atoms with Gasteiger partial charge >= 0.3 is 0 Å². The summed E-state index contributed by atoms with van der Waals surface area (Å²) in [6.07, 6.45) is 2.00. The van der Waals surface area contributed by atoms with E-state index in [1.165, 1.54) is 11.8 Å². The second kappa shape index (κ2) is 8.96. The summed E-state index contributed by atoms with van der Waals surface area (Å²) in [4.78, 5) is 26.4. The number of rotatable bonds is 8. The van der Waals surface area contributed by atoms with Gasteiger partial charge in [0.05, 0.1) is 11.5 Å². The number of nitrogens with zero attached hydrogens (tertiary/aromatic N) is 1. The van der Waals surface area contributed by atoms with Crippen LogP contribution in [0.15, 0.2) is 30.3 Å². The van der Waals surface area contributed by atoms with Crippen molar-refractivity contribution in [3.05, 3.63) is 35.9 Å². The van der Waals surface area contributed by atoms with Crippen molar-refractivity contribution >= 4 is 23.5 Å². The SMILES string of the molecule is CCCN(C(=O)CSCC(=O)c1ccccc1)C1CCNC1. The Bertz CT molecular complexity index is 487. The zero-order valence-electron chi connectivity index (χ0n) is 13.1. The minimum Gasteiger partial charge on any atom is -0.338 e. The zero-order valence-corrected chi connectivity index (χ0v) is 13.9. The number of amides is 1. The fraction of sp³-hybridized carbons (Fsp3) is 0.529. The second-order valence-corrected chi connectivity index (χ2v) is 6.50. The molecule has 1 saturated heterocycles. The first-order valence-electron chi connectivity index (χ1n) is 7.88. The topological polar surface area (TPSA) is 49.4 Å². The summed E-state index contributed by atoms with van der Waals surface area (Å²) in [5, 5.41) is 3.31. The Kier molecular flexibility index (Phi) is 6.93. The third-order valence-corrected chi connectivity index (χ3v) is 4.73. The summed E-state index contributed by atoms with van der Waals surface area (Å²) in [6, 6.07) is 9.57. The Hall–Kier alpha value is -1.33. The number of hydrogen-bond acceptors (Lipinski definition) is 4. The molecule has 1 amide bonds. The second-order valence-electron chi connectivity index (χ2n) is 5.52. The van der Waals surface area contributed by atoms with E-state index in [1.54, 1.807) is 0 Å². The number of thioether (sulfide) groups is 1. The first kappa shape index (κ1) is 17.0. The van der Waals surface area contributed by atoms with Crippen molar-refractivity contribution in [2.45, 2.75) is 25.8 Å². The van der Waals surface area contributed by atoms with E-state index in [1.807, 2.05) is 35.2 Å². The molecule has 2 rings (SSSR count). The Morgan fingerprint density at radius 1 is 1.27 bits per heavy atom. The predicted octanol–water partition coefficient (Wildman–Crippen LogP) is 2.20. The zero-order chi connectivity index (χ0) is 15.8. The number of carbonyl (C=O) groups excluding carboxylic acids is 2. The van der Waals surface area contributed by atoms with Gasteiger partial charge in [-0.15, -0.1) is 11.8 Å². The van der Waals surface area contributed by atoms with Crippen molar-refractivity contribution in [2.24, 2.45) is 0 Å². The summed E-state index contributed by atoms with van der Waals surface area (Å²) in [7, 11) is 0. The van der Waals surface area contributed by atoms with Gasteiger partial charge in [0.15, 0.2) is 5.78 Å². The number of ketones is 1. The van der Waals surface area contributed by atoms with Crippen LogP contribution in [0.2, 0.25) is 0 Å². The van der Waals surface area contributed by atoms with Gasteiger partial charge in [0, 0.05) is 24.7 Å². The summed E-state index contributed by atoms with van der Waals surface area (Å²) >= 11 is 1.42. The minimum atomic E-state index is 0.0861. The monoisotopic (exact) mass is 320 g/mol. The quantitative estimate of drug-likeness (QED) is 0.746. The largest absolute Gasteiger partial charge is 0.338 e. The highest BCUT2D eigenvalue weighted by atomic mass is 32.2. The van der Waals surface area contributed by atoms with Crippen LogP contribution in [0.5, 0.6) is 0 Å². The van der Waals surface area contributed by atoms with Gasteiger partial charge in [-0.2, -0.15) is 0 Å². The number of benzene rings is 1. The normalized spacial score (nSPS) is 17.4. The van der Waals surface area contributed by atoms with Crippen molar-refractivity contribution < 1.29 is 9.59 Å². The third-order valence-electron chi connectivity index (χ3n) is 3.81. The number of Topliss-reactive ketones (excluding diaryl/α,β-unsaturated/α-hetero) is 1. The molecule has 1 aliphatic heterocycles. The van der Waals surface area contributed by atoms with E-state index in [-0.39, 0.29) is 11.7 Å². The molecule has 1 unspecified atom stereocenters. The highest BCUT2D eigenvalue weighted by Crippen LogP contribution is 2.13. The maximum absolute atomic E-state index is 12.4. The molecular weight excluding hydrogens is 296 g/mol. The maximum atomic E-state index is 12.4. The van der Waals surface area contributed by atoms with E-state index in [9.17, 15) is 9.59 Å². The maximum Gasteiger partial charge on any atom is 0.232 e. The smallest absolute Gasteiger partial charge is 0.232 e. The van der Waals surface area contributed by atoms with Crippen molar-refractivity contribution in [1.82, 2.24) is 10.2 Å². The van der Waals surface area contributed by atoms with E-state index in [2.05, 4.69) is 12.2 Å². The van der Waals surface area contributed by atoms with Crippen LogP contribution >= 0.6 is 11.8 Å². The van der Waals surface area contributed by atoms with Crippen LogP contribution in [0.1, 0.15) is 30.1 Å². The van der Waals surface area contributed by atoms with Crippen LogP contribution in [-0.4, -0.2) is 53.8 Å². The van der Waals surface area contributed by atoms with Crippen molar-refractivity contribution in [3.63, 3.8) is 0 Å². The molecule has 1 aliphatic rings. The molecule has 1 heterocycles. The molecule has 1 atom stereocenters. The van der Waals surface area contributed by atoms with Gasteiger partial charge in [-0.3, -0.25) is 9.59 Å². The average Bonchev–Trinajstić information content (AvgIpc) is 3.07. The standard InChI is InChI=1S/C17H24N2O2S/c1-2-10-19(15-8-9-18-11-15)17(21)13-22-12-16(20)14-6-4-3-5-7-14/h3-7,15,18H,2,8-13H2,1H3. The van der Waals surface area contributed by atoms with E-state index in [0.717, 1.165) is 32.5 Å². The molecule has 1 fully saturated rings. The van der Waals surface area contributed by atoms with Crippen LogP contribution in [0.25, 0.3) is 0 Å². The first-order valence-corrected chi connectivity index (χ1v) is 9.04. The van der Waals surface area contributed by atoms with Gasteiger partial charge in [-0.1, -0.05) is 37.3 Å². The lowest BCUT2D eigenvalue weighted by Gasteiger charge is -2.28. The van der Waals surface area contributed by atoms with Crippen molar-refractivity contribution in [2.75, 3.05) is 31.1 Å². The molecule has 1 N–H and O–H groups in total. The molecule has 0 aromatic heterocycles. The minimum absolute atomic E-state index is 0.0861. The number of carbonyl (C=O) groups is 2. The van der Waals surface area contributed by atoms with Crippen LogP contribution in [0, 0.1) is 0 Å². The lowest BCUT2D eigenvalue weighted by atomic mass is 10.2. The molecule has 0 spiro atoms. The Labute approximate surface area is 136 Å². The summed E-state index contributed by atoms with van der Waals surface area (Å²) in [5.41, 5.74) is 0.716. The molecule has 0 bridgehead atoms. The van der Waals surface area contributed by atoms with Gasteiger partial charge in [-0.25, -0.2) is 0 Å². The van der Waals surface area contributed by atoms with Gasteiger partial charge in [0.1, 0.15) is 0 Å². The molecule has 1 aromatic rings. The summed E-state index contributed by atoms with van der Waals surface area (Å²) in [5.74, 6) is 0.984. The number of hydrogen-bond donors (Lipinski definition) is 1. The van der Waals surface area contributed by atoms with E-state index in [0.29, 0.717) is 23.1 Å². The Morgan fingerprint density at radius 3 is 2.68 bits per heavy atom. The molecule has 0 radical (unpaired) electrons. The average molecular weight is 320 g/mol. The van der Waals surface area contributed by atoms with E-state index >= 15 is 0 Å². The van der Waals surface area contributed by atoms with Gasteiger partial charge in [0.2, 0.25) is 5.91 Å². The van der Waals surface area contributed by atoms with Gasteiger partial charge in [0.25, 0.3) is 0 Å². The van der Waals surface area contributed by atoms with Gasteiger partial charge < -0.3 is 10.2 Å². The lowest BCUT2D eigenvalue weighted by molar-refractivity contribution is -0.130. The van der Waals surface area contributed by atoms with Crippen LogP contribution in [-0.2, 0) is 4.79 Å². The highest BCUT2D eigenvalue weighted by Gasteiger charge is 2.25. The predicted molar refractivity (Wildman–Crippen MR) is 91.4 cm³/mol. The molecule has 5 heteroatoms. The summed E-state index contributed by atoms with van der Waals surface area (Å²) in [6.45, 7) is 4.77. The Balaban J connectivity index is 1.79. The molecule has 4 nitrogen and oxygen atoms in total. The molecule has 120 valence electrons. The van der Waals surface area contributed by atoms with Crippen LogP contribution in [0.4, 0.5) is 0 Å². The third kappa shape index (κ3) is 4.85. The molecule has 0 aliphatic carbocycles. The van der Waals surface area contributed by atoms with Crippen LogP contribution < -0.4 is 5.32 Å². The van der Waals surface area contributed by atoms with Crippen molar-refractivity contribution in [3.8, 4) is 0 Å². The molecule has 22 heavy (non-hydrogen) atoms. The number of nitrogens with one attached hydrogen (secondary N) is 1. The first-order chi connectivity index (χ1) is 10.7. The molecule has 0 saturated carbocycles. The molecular formula is C17H24N2O2S. The fourth-order valence-corrected chi connectivity index (χ4v) is 3.47. The fourth-order valence-electron chi connectivity index (χ4n) is 2.68. The highest BCUT2D eigenvalue weighted by molar-refractivity contribution is 8.00. The van der Waals surface area contributed by atoms with E-state index < -0.39 is 0 Å². The van der Waals surface area contributed by atoms with Gasteiger partial charge in [-0.05, 0) is 19.4 Å². The Morgan fingerprint density at radius 2 is 2.05 bits per heavy atom. The summed E-state index contributed by atoms with van der Waals surface area (Å²) < 4.78 is 0. The van der Waals surface area contributed by atoms with E-state index in [4.69, 9.17) is 0 Å². The van der Waals surface area contributed by atoms with Crippen molar-refractivity contribution in [1.29, 1.82) is 0 Å². The van der Waals surface area contributed by atoms with Crippen LogP contribution in [0.3, 0.4) is 0 Å².